The van der Waals surface area contributed by atoms with Crippen molar-refractivity contribution in [2.75, 3.05) is 0 Å². The first kappa shape index (κ1) is 15.5. The third kappa shape index (κ3) is 3.43. The summed E-state index contributed by atoms with van der Waals surface area (Å²) in [6.45, 7) is 4.95. The van der Waals surface area contributed by atoms with Gasteiger partial charge in [-0.15, -0.1) is 0 Å². The zero-order valence-corrected chi connectivity index (χ0v) is 13.9. The lowest BCUT2D eigenvalue weighted by molar-refractivity contribution is 0.174. The zero-order valence-electron chi connectivity index (χ0n) is 11.6. The summed E-state index contributed by atoms with van der Waals surface area (Å²) in [6.07, 6.45) is 0.871. The number of aliphatic hydroxyl groups is 1. The monoisotopic (exact) mass is 356 g/mol. The third-order valence-electron chi connectivity index (χ3n) is 3.30. The summed E-state index contributed by atoms with van der Waals surface area (Å²) in [5, 5.41) is 15.6. The lowest BCUT2D eigenvalue weighted by Crippen LogP contribution is -2.09. The number of aryl methyl sites for hydroxylation is 2. The molecule has 0 amide bonds. The summed E-state index contributed by atoms with van der Waals surface area (Å²) in [7, 11) is 0. The van der Waals surface area contributed by atoms with Crippen LogP contribution in [-0.2, 0) is 19.4 Å². The molecule has 1 atom stereocenters. The van der Waals surface area contributed by atoms with Gasteiger partial charge < -0.3 is 5.11 Å². The van der Waals surface area contributed by atoms with E-state index < -0.39 is 6.10 Å². The van der Waals surface area contributed by atoms with Gasteiger partial charge in [-0.05, 0) is 37.1 Å². The summed E-state index contributed by atoms with van der Waals surface area (Å²) in [4.78, 5) is 0. The molecule has 1 unspecified atom stereocenters. The summed E-state index contributed by atoms with van der Waals surface area (Å²) in [5.41, 5.74) is 2.96. The van der Waals surface area contributed by atoms with Crippen LogP contribution in [0.2, 0.25) is 5.02 Å². The number of aromatic nitrogens is 2. The highest BCUT2D eigenvalue weighted by Gasteiger charge is 2.15. The molecule has 3 nitrogen and oxygen atoms in total. The van der Waals surface area contributed by atoms with Crippen molar-refractivity contribution in [1.29, 1.82) is 0 Å². The first-order chi connectivity index (χ1) is 9.55. The highest BCUT2D eigenvalue weighted by atomic mass is 79.9. The molecule has 0 fully saturated rings. The van der Waals surface area contributed by atoms with Gasteiger partial charge >= 0.3 is 0 Å². The number of rotatable bonds is 5. The van der Waals surface area contributed by atoms with E-state index in [-0.39, 0.29) is 0 Å². The predicted octanol–water partition coefficient (Wildman–Crippen LogP) is 4.16. The van der Waals surface area contributed by atoms with Gasteiger partial charge in [0.1, 0.15) is 0 Å². The van der Waals surface area contributed by atoms with Crippen LogP contribution in [-0.4, -0.2) is 14.9 Å². The second kappa shape index (κ2) is 6.74. The van der Waals surface area contributed by atoms with Crippen molar-refractivity contribution in [2.45, 2.75) is 39.3 Å². The Balaban J connectivity index is 2.22. The fourth-order valence-corrected chi connectivity index (χ4v) is 3.15. The second-order valence-electron chi connectivity index (χ2n) is 4.68. The van der Waals surface area contributed by atoms with Gasteiger partial charge in [0.25, 0.3) is 0 Å². The van der Waals surface area contributed by atoms with Crippen LogP contribution in [0.3, 0.4) is 0 Å². The van der Waals surface area contributed by atoms with E-state index in [1.807, 2.05) is 10.7 Å². The van der Waals surface area contributed by atoms with Crippen molar-refractivity contribution in [2.24, 2.45) is 0 Å². The molecule has 0 aliphatic carbocycles. The molecule has 2 rings (SSSR count). The normalized spacial score (nSPS) is 12.7. The fourth-order valence-electron chi connectivity index (χ4n) is 2.21. The number of benzene rings is 1. The van der Waals surface area contributed by atoms with Gasteiger partial charge in [-0.2, -0.15) is 5.10 Å². The standard InChI is InChI=1S/C15H18BrClN2O/c1-3-11-8-12(19(4-2)18-11)9-15(20)13-6-5-10(17)7-14(13)16/h5-8,15,20H,3-4,9H2,1-2H3. The molecule has 108 valence electrons. The van der Waals surface area contributed by atoms with Crippen LogP contribution in [0, 0.1) is 0 Å². The molecule has 0 saturated heterocycles. The maximum Gasteiger partial charge on any atom is 0.0856 e. The van der Waals surface area contributed by atoms with Gasteiger partial charge in [0, 0.05) is 28.2 Å². The number of halogens is 2. The van der Waals surface area contributed by atoms with Crippen molar-refractivity contribution >= 4 is 27.5 Å². The molecule has 5 heteroatoms. The van der Waals surface area contributed by atoms with E-state index in [2.05, 4.69) is 40.9 Å². The maximum atomic E-state index is 10.4. The molecule has 0 saturated carbocycles. The van der Waals surface area contributed by atoms with Crippen LogP contribution in [0.5, 0.6) is 0 Å². The summed E-state index contributed by atoms with van der Waals surface area (Å²) < 4.78 is 2.78. The molecule has 0 bridgehead atoms. The van der Waals surface area contributed by atoms with Crippen molar-refractivity contribution in [3.05, 3.63) is 50.7 Å². The van der Waals surface area contributed by atoms with E-state index in [9.17, 15) is 5.11 Å². The van der Waals surface area contributed by atoms with Crippen LogP contribution in [0.1, 0.15) is 36.9 Å². The molecule has 1 aromatic carbocycles. The van der Waals surface area contributed by atoms with Gasteiger partial charge in [-0.25, -0.2) is 0 Å². The molecule has 20 heavy (non-hydrogen) atoms. The lowest BCUT2D eigenvalue weighted by Gasteiger charge is -2.14. The molecule has 0 radical (unpaired) electrons. The van der Waals surface area contributed by atoms with Crippen molar-refractivity contribution < 1.29 is 5.11 Å². The molecule has 0 aliphatic heterocycles. The van der Waals surface area contributed by atoms with Crippen molar-refractivity contribution in [3.8, 4) is 0 Å². The highest BCUT2D eigenvalue weighted by Crippen LogP contribution is 2.28. The maximum absolute atomic E-state index is 10.4. The minimum absolute atomic E-state index is 0.543. The van der Waals surface area contributed by atoms with E-state index in [4.69, 9.17) is 11.6 Å². The van der Waals surface area contributed by atoms with Crippen LogP contribution in [0.15, 0.2) is 28.7 Å². The molecule has 0 aliphatic rings. The van der Waals surface area contributed by atoms with Gasteiger partial charge in [-0.1, -0.05) is 40.5 Å². The summed E-state index contributed by atoms with van der Waals surface area (Å²) in [6, 6.07) is 7.51. The topological polar surface area (TPSA) is 38.0 Å². The molecule has 1 heterocycles. The Labute approximate surface area is 132 Å². The lowest BCUT2D eigenvalue weighted by atomic mass is 10.0. The number of nitrogens with zero attached hydrogens (tertiary/aromatic N) is 2. The van der Waals surface area contributed by atoms with Crippen molar-refractivity contribution in [3.63, 3.8) is 0 Å². The Kier molecular flexibility index (Phi) is 5.24. The Morgan fingerprint density at radius 2 is 2.10 bits per heavy atom. The molecule has 1 N–H and O–H groups in total. The van der Waals surface area contributed by atoms with E-state index >= 15 is 0 Å². The SMILES string of the molecule is CCc1cc(CC(O)c2ccc(Cl)cc2Br)n(CC)n1. The van der Waals surface area contributed by atoms with Crippen LogP contribution >= 0.6 is 27.5 Å². The van der Waals surface area contributed by atoms with Gasteiger partial charge in [0.2, 0.25) is 0 Å². The van der Waals surface area contributed by atoms with E-state index in [1.54, 1.807) is 12.1 Å². The van der Waals surface area contributed by atoms with E-state index in [0.717, 1.165) is 34.4 Å². The molecular formula is C15H18BrClN2O. The Morgan fingerprint density at radius 3 is 2.70 bits per heavy atom. The molecular weight excluding hydrogens is 340 g/mol. The van der Waals surface area contributed by atoms with E-state index in [0.29, 0.717) is 11.4 Å². The average molecular weight is 358 g/mol. The predicted molar refractivity (Wildman–Crippen MR) is 85.1 cm³/mol. The quantitative estimate of drug-likeness (QED) is 0.872. The minimum atomic E-state index is -0.576. The average Bonchev–Trinajstić information content (AvgIpc) is 2.80. The van der Waals surface area contributed by atoms with Gasteiger partial charge in [0.05, 0.1) is 11.8 Å². The summed E-state index contributed by atoms with van der Waals surface area (Å²) in [5.74, 6) is 0. The first-order valence-electron chi connectivity index (χ1n) is 6.73. The number of hydrogen-bond donors (Lipinski definition) is 1. The van der Waals surface area contributed by atoms with Gasteiger partial charge in [-0.3, -0.25) is 4.68 Å². The largest absolute Gasteiger partial charge is 0.388 e. The number of aliphatic hydroxyl groups excluding tert-OH is 1. The molecule has 1 aromatic heterocycles. The second-order valence-corrected chi connectivity index (χ2v) is 5.97. The van der Waals surface area contributed by atoms with Crippen LogP contribution in [0.4, 0.5) is 0 Å². The molecule has 2 aromatic rings. The highest BCUT2D eigenvalue weighted by molar-refractivity contribution is 9.10. The number of hydrogen-bond acceptors (Lipinski definition) is 2. The third-order valence-corrected chi connectivity index (χ3v) is 4.22. The Hall–Kier alpha value is -0.840. The van der Waals surface area contributed by atoms with Gasteiger partial charge in [0.15, 0.2) is 0 Å². The van der Waals surface area contributed by atoms with Crippen molar-refractivity contribution in [1.82, 2.24) is 9.78 Å². The fraction of sp³-hybridized carbons (Fsp3) is 0.400. The van der Waals surface area contributed by atoms with E-state index in [1.165, 1.54) is 0 Å². The summed E-state index contributed by atoms with van der Waals surface area (Å²) >= 11 is 9.37. The first-order valence-corrected chi connectivity index (χ1v) is 7.90. The Morgan fingerprint density at radius 1 is 1.35 bits per heavy atom. The zero-order chi connectivity index (χ0) is 14.7. The van der Waals surface area contributed by atoms with Crippen LogP contribution < -0.4 is 0 Å². The van der Waals surface area contributed by atoms with Crippen LogP contribution in [0.25, 0.3) is 0 Å². The minimum Gasteiger partial charge on any atom is -0.388 e. The smallest absolute Gasteiger partial charge is 0.0856 e. The molecule has 0 spiro atoms. The Bertz CT molecular complexity index is 598.